The first-order valence-electron chi connectivity index (χ1n) is 17.0. The number of ether oxygens (including phenoxy) is 3. The number of hydrogen-bond donors (Lipinski definition) is 5. The minimum absolute atomic E-state index is 0.0453. The van der Waals surface area contributed by atoms with E-state index in [9.17, 15) is 43.9 Å². The molecule has 1 aromatic carbocycles. The first kappa shape index (κ1) is 42.7. The van der Waals surface area contributed by atoms with Crippen molar-refractivity contribution in [2.75, 3.05) is 20.1 Å². The number of carboxylic acids is 1. The van der Waals surface area contributed by atoms with Crippen molar-refractivity contribution < 1.29 is 62.5 Å². The van der Waals surface area contributed by atoms with Gasteiger partial charge in [0.05, 0.1) is 43.1 Å². The van der Waals surface area contributed by atoms with Crippen LogP contribution in [0, 0.1) is 11.8 Å². The van der Waals surface area contributed by atoms with E-state index in [1.807, 2.05) is 6.92 Å². The van der Waals surface area contributed by atoms with Crippen molar-refractivity contribution in [2.24, 2.45) is 11.8 Å². The zero-order chi connectivity index (χ0) is 38.8. The van der Waals surface area contributed by atoms with E-state index in [-0.39, 0.29) is 42.5 Å². The molecule has 0 radical (unpaired) electrons. The highest BCUT2D eigenvalue weighted by Crippen LogP contribution is 2.29. The molecule has 52 heavy (non-hydrogen) atoms. The molecule has 0 saturated carbocycles. The highest BCUT2D eigenvalue weighted by molar-refractivity contribution is 6.00. The fourth-order valence-electron chi connectivity index (χ4n) is 5.05. The molecule has 17 nitrogen and oxygen atoms in total. The molecule has 2 aromatic rings. The molecule has 0 aliphatic heterocycles. The molecule has 1 aromatic heterocycles. The van der Waals surface area contributed by atoms with Gasteiger partial charge in [-0.3, -0.25) is 34.0 Å². The Morgan fingerprint density at radius 1 is 0.942 bits per heavy atom. The van der Waals surface area contributed by atoms with Gasteiger partial charge in [0.15, 0.2) is 5.76 Å². The van der Waals surface area contributed by atoms with Gasteiger partial charge in [0, 0.05) is 5.56 Å². The maximum Gasteiger partial charge on any atom is 0.332 e. The number of esters is 2. The number of nitrogens with one attached hydrogen (secondary N) is 3. The second-order valence-electron chi connectivity index (χ2n) is 11.9. The van der Waals surface area contributed by atoms with Crippen molar-refractivity contribution in [1.82, 2.24) is 21.0 Å². The highest BCUT2D eigenvalue weighted by atomic mass is 16.7. The average Bonchev–Trinajstić information content (AvgIpc) is 3.61. The van der Waals surface area contributed by atoms with Gasteiger partial charge in [0.1, 0.15) is 17.6 Å². The lowest BCUT2D eigenvalue weighted by Crippen LogP contribution is -2.47. The van der Waals surface area contributed by atoms with Crippen molar-refractivity contribution in [3.8, 4) is 17.1 Å². The summed E-state index contributed by atoms with van der Waals surface area (Å²) in [4.78, 5) is 85.8. The quantitative estimate of drug-likeness (QED) is 0.0276. The maximum absolute atomic E-state index is 13.2. The number of hydrogen-bond acceptors (Lipinski definition) is 12. The van der Waals surface area contributed by atoms with Gasteiger partial charge < -0.3 is 39.7 Å². The Morgan fingerprint density at radius 2 is 1.65 bits per heavy atom. The van der Waals surface area contributed by atoms with Crippen molar-refractivity contribution in [3.05, 3.63) is 41.7 Å². The van der Waals surface area contributed by atoms with E-state index in [0.717, 1.165) is 12.8 Å². The molecule has 0 fully saturated rings. The smallest absolute Gasteiger partial charge is 0.332 e. The molecule has 4 amide bonds. The summed E-state index contributed by atoms with van der Waals surface area (Å²) in [7, 11) is 0. The molecule has 0 spiro atoms. The standard InChI is InChI=1S/C35H48N4O13/c1-6-9-10-11-23(26(7-2)39(48)19-40)31(43)36-18-37-33(45)28-15-14-27(52-28)22-12-13-24(29(16-22)49-8-3)32(44)38-25(17-30(41)42)35(47)51-20-50-34(46)21(4)5/h12-16,19,21,23,25-26,48H,6-11,17-18,20H2,1-5H3,(H,36,43)(H,37,45)(H,38,44)(H,41,42)/t23-,25+,26-/m1/s1. The third kappa shape index (κ3) is 13.0. The first-order valence-corrected chi connectivity index (χ1v) is 17.0. The molecule has 17 heteroatoms. The monoisotopic (exact) mass is 732 g/mol. The highest BCUT2D eigenvalue weighted by Gasteiger charge is 2.31. The van der Waals surface area contributed by atoms with E-state index in [2.05, 4.69) is 16.0 Å². The Bertz CT molecular complexity index is 1540. The first-order chi connectivity index (χ1) is 24.8. The van der Waals surface area contributed by atoms with E-state index >= 15 is 0 Å². The van der Waals surface area contributed by atoms with E-state index in [1.54, 1.807) is 27.7 Å². The zero-order valence-corrected chi connectivity index (χ0v) is 30.0. The number of carbonyl (C=O) groups is 7. The fourth-order valence-corrected chi connectivity index (χ4v) is 5.05. The Balaban J connectivity index is 2.13. The Morgan fingerprint density at radius 3 is 2.27 bits per heavy atom. The third-order valence-corrected chi connectivity index (χ3v) is 7.78. The number of benzene rings is 1. The minimum Gasteiger partial charge on any atom is -0.493 e. The molecule has 3 atom stereocenters. The summed E-state index contributed by atoms with van der Waals surface area (Å²) < 4.78 is 21.0. The van der Waals surface area contributed by atoms with E-state index < -0.39 is 72.8 Å². The molecule has 0 bridgehead atoms. The van der Waals surface area contributed by atoms with Crippen LogP contribution in [0.3, 0.4) is 0 Å². The van der Waals surface area contributed by atoms with Gasteiger partial charge in [-0.1, -0.05) is 53.0 Å². The SMILES string of the molecule is CCCCC[C@@H](C(=O)NCNC(=O)c1ccc(-c2ccc(C(=O)N[C@@H](CC(=O)O)C(=O)OCOC(=O)C(C)C)c(OCC)c2)o1)[C@@H](CC)N(O)C=O. The lowest BCUT2D eigenvalue weighted by Gasteiger charge is -2.29. The fraction of sp³-hybridized carbons (Fsp3) is 0.514. The molecule has 286 valence electrons. The summed E-state index contributed by atoms with van der Waals surface area (Å²) in [6.07, 6.45) is 2.74. The summed E-state index contributed by atoms with van der Waals surface area (Å²) in [5, 5.41) is 27.3. The molecular weight excluding hydrogens is 684 g/mol. The van der Waals surface area contributed by atoms with E-state index in [0.29, 0.717) is 29.9 Å². The van der Waals surface area contributed by atoms with Crippen molar-refractivity contribution in [3.63, 3.8) is 0 Å². The Hall–Kier alpha value is -5.45. The van der Waals surface area contributed by atoms with Crippen LogP contribution in [0.25, 0.3) is 11.3 Å². The predicted molar refractivity (Wildman–Crippen MR) is 183 cm³/mol. The third-order valence-electron chi connectivity index (χ3n) is 7.78. The van der Waals surface area contributed by atoms with Crippen molar-refractivity contribution in [2.45, 2.75) is 85.2 Å². The molecule has 0 aliphatic carbocycles. The number of unbranched alkanes of at least 4 members (excludes halogenated alkanes) is 2. The second-order valence-corrected chi connectivity index (χ2v) is 11.9. The van der Waals surface area contributed by atoms with Gasteiger partial charge in [-0.15, -0.1) is 0 Å². The molecule has 0 aliphatic rings. The number of furan rings is 1. The lowest BCUT2D eigenvalue weighted by atomic mass is 9.90. The van der Waals surface area contributed by atoms with Crippen LogP contribution in [0.15, 0.2) is 34.7 Å². The number of amides is 4. The van der Waals surface area contributed by atoms with Gasteiger partial charge in [0.25, 0.3) is 11.8 Å². The molecule has 0 unspecified atom stereocenters. The van der Waals surface area contributed by atoms with Crippen LogP contribution in [0.1, 0.15) is 94.1 Å². The zero-order valence-electron chi connectivity index (χ0n) is 30.0. The molecule has 1 heterocycles. The van der Waals surface area contributed by atoms with Crippen LogP contribution in [-0.4, -0.2) is 89.6 Å². The maximum atomic E-state index is 13.2. The van der Waals surface area contributed by atoms with E-state index in [1.165, 1.54) is 30.3 Å². The predicted octanol–water partition coefficient (Wildman–Crippen LogP) is 3.24. The average molecular weight is 733 g/mol. The van der Waals surface area contributed by atoms with Crippen LogP contribution in [0.2, 0.25) is 0 Å². The van der Waals surface area contributed by atoms with Crippen LogP contribution in [-0.2, 0) is 33.4 Å². The van der Waals surface area contributed by atoms with Gasteiger partial charge in [-0.2, -0.15) is 0 Å². The van der Waals surface area contributed by atoms with Crippen LogP contribution in [0.4, 0.5) is 0 Å². The Kier molecular flexibility index (Phi) is 17.8. The minimum atomic E-state index is -1.62. The summed E-state index contributed by atoms with van der Waals surface area (Å²) >= 11 is 0. The van der Waals surface area contributed by atoms with Gasteiger partial charge >= 0.3 is 17.9 Å². The number of nitrogens with zero attached hydrogens (tertiary/aromatic N) is 1. The van der Waals surface area contributed by atoms with E-state index in [4.69, 9.17) is 18.6 Å². The van der Waals surface area contributed by atoms with Crippen LogP contribution < -0.4 is 20.7 Å². The number of aliphatic carboxylic acids is 1. The van der Waals surface area contributed by atoms with Crippen molar-refractivity contribution in [1.29, 1.82) is 0 Å². The normalized spacial score (nSPS) is 12.5. The van der Waals surface area contributed by atoms with Crippen LogP contribution >= 0.6 is 0 Å². The topological polar surface area (TPSA) is 240 Å². The van der Waals surface area contributed by atoms with Gasteiger partial charge in [-0.25, -0.2) is 9.86 Å². The Labute approximate surface area is 301 Å². The number of carbonyl (C=O) groups excluding carboxylic acids is 6. The summed E-state index contributed by atoms with van der Waals surface area (Å²) in [5.74, 6) is -6.08. The largest absolute Gasteiger partial charge is 0.493 e. The number of rotatable bonds is 23. The summed E-state index contributed by atoms with van der Waals surface area (Å²) in [5.41, 5.74) is 0.362. The molecule has 2 rings (SSSR count). The van der Waals surface area contributed by atoms with Crippen molar-refractivity contribution >= 4 is 42.0 Å². The second kappa shape index (κ2) is 21.7. The van der Waals surface area contributed by atoms with Gasteiger partial charge in [-0.05, 0) is 44.0 Å². The molecule has 0 saturated heterocycles. The number of hydroxylamine groups is 2. The number of carboxylic acid groups (broad SMARTS) is 1. The summed E-state index contributed by atoms with van der Waals surface area (Å²) in [6.45, 7) is 7.70. The van der Waals surface area contributed by atoms with Crippen LogP contribution in [0.5, 0.6) is 5.75 Å². The molecule has 5 N–H and O–H groups in total. The summed E-state index contributed by atoms with van der Waals surface area (Å²) in [6, 6.07) is 4.87. The molecular formula is C35H48N4O13. The lowest BCUT2D eigenvalue weighted by molar-refractivity contribution is -0.171. The van der Waals surface area contributed by atoms with Gasteiger partial charge in [0.2, 0.25) is 19.1 Å².